The Balaban J connectivity index is 2.53. The lowest BCUT2D eigenvalue weighted by Gasteiger charge is -1.93. The summed E-state index contributed by atoms with van der Waals surface area (Å²) in [5, 5.41) is 1.13. The first-order valence-corrected chi connectivity index (χ1v) is 4.88. The summed E-state index contributed by atoms with van der Waals surface area (Å²) in [4.78, 5) is 7.82. The number of aromatic nitrogens is 2. The zero-order valence-electron chi connectivity index (χ0n) is 8.41. The van der Waals surface area contributed by atoms with Crippen LogP contribution in [0.1, 0.15) is 5.69 Å². The monoisotopic (exact) mass is 197 g/mol. The summed E-state index contributed by atoms with van der Waals surface area (Å²) in [5.41, 5.74) is 10.7. The van der Waals surface area contributed by atoms with Gasteiger partial charge in [0, 0.05) is 16.8 Å². The molecule has 3 rings (SSSR count). The first-order valence-electron chi connectivity index (χ1n) is 4.88. The van der Waals surface area contributed by atoms with Crippen LogP contribution in [0.3, 0.4) is 0 Å². The molecule has 0 aliphatic rings. The highest BCUT2D eigenvalue weighted by Gasteiger charge is 2.05. The molecule has 0 amide bonds. The minimum atomic E-state index is 0.769. The Morgan fingerprint density at radius 2 is 2.00 bits per heavy atom. The van der Waals surface area contributed by atoms with E-state index >= 15 is 0 Å². The van der Waals surface area contributed by atoms with Gasteiger partial charge in [-0.2, -0.15) is 0 Å². The van der Waals surface area contributed by atoms with Crippen molar-refractivity contribution in [2.24, 2.45) is 0 Å². The fourth-order valence-electron chi connectivity index (χ4n) is 1.88. The Bertz CT molecular complexity index is 652. The lowest BCUT2D eigenvalue weighted by atomic mass is 10.2. The molecular formula is C12H11N3. The number of nitrogens with two attached hydrogens (primary N) is 1. The van der Waals surface area contributed by atoms with E-state index in [1.165, 1.54) is 0 Å². The van der Waals surface area contributed by atoms with E-state index in [4.69, 9.17) is 5.73 Å². The van der Waals surface area contributed by atoms with Gasteiger partial charge in [-0.1, -0.05) is 0 Å². The van der Waals surface area contributed by atoms with Gasteiger partial charge in [0.2, 0.25) is 0 Å². The van der Waals surface area contributed by atoms with Crippen molar-refractivity contribution in [2.45, 2.75) is 6.92 Å². The number of nitrogens with one attached hydrogen (secondary N) is 1. The topological polar surface area (TPSA) is 54.7 Å². The molecule has 2 aromatic heterocycles. The van der Waals surface area contributed by atoms with Crippen molar-refractivity contribution in [2.75, 3.05) is 5.73 Å². The highest BCUT2D eigenvalue weighted by Crippen LogP contribution is 2.25. The molecule has 3 N–H and O–H groups in total. The lowest BCUT2D eigenvalue weighted by Crippen LogP contribution is -1.82. The maximum absolute atomic E-state index is 5.74. The third-order valence-electron chi connectivity index (χ3n) is 2.60. The Kier molecular flexibility index (Phi) is 1.51. The van der Waals surface area contributed by atoms with Crippen LogP contribution in [0.15, 0.2) is 30.3 Å². The van der Waals surface area contributed by atoms with Gasteiger partial charge in [-0.05, 0) is 37.3 Å². The molecule has 0 spiro atoms. The summed E-state index contributed by atoms with van der Waals surface area (Å²) < 4.78 is 0. The minimum absolute atomic E-state index is 0.769. The van der Waals surface area contributed by atoms with Crippen molar-refractivity contribution in [3.63, 3.8) is 0 Å². The SMILES string of the molecule is Cc1ccc2[nH]c3cc(N)ccc3c2n1. The molecule has 2 heterocycles. The van der Waals surface area contributed by atoms with E-state index in [2.05, 4.69) is 9.97 Å². The van der Waals surface area contributed by atoms with Crippen LogP contribution in [-0.2, 0) is 0 Å². The Labute approximate surface area is 86.9 Å². The quantitative estimate of drug-likeness (QED) is 0.544. The van der Waals surface area contributed by atoms with Crippen LogP contribution in [0.4, 0.5) is 5.69 Å². The smallest absolute Gasteiger partial charge is 0.0960 e. The second kappa shape index (κ2) is 2.73. The number of nitrogen functional groups attached to an aromatic ring is 1. The molecule has 0 saturated carbocycles. The third-order valence-corrected chi connectivity index (χ3v) is 2.60. The highest BCUT2D eigenvalue weighted by molar-refractivity contribution is 6.05. The van der Waals surface area contributed by atoms with Crippen molar-refractivity contribution >= 4 is 27.6 Å². The van der Waals surface area contributed by atoms with Crippen LogP contribution in [0.25, 0.3) is 21.9 Å². The largest absolute Gasteiger partial charge is 0.399 e. The molecule has 0 saturated heterocycles. The number of aryl methyl sites for hydroxylation is 1. The van der Waals surface area contributed by atoms with Crippen molar-refractivity contribution in [1.82, 2.24) is 9.97 Å². The third kappa shape index (κ3) is 1.16. The minimum Gasteiger partial charge on any atom is -0.399 e. The van der Waals surface area contributed by atoms with Crippen LogP contribution in [0, 0.1) is 6.92 Å². The number of anilines is 1. The van der Waals surface area contributed by atoms with Gasteiger partial charge < -0.3 is 10.7 Å². The molecule has 15 heavy (non-hydrogen) atoms. The van der Waals surface area contributed by atoms with E-state index in [9.17, 15) is 0 Å². The number of benzene rings is 1. The van der Waals surface area contributed by atoms with Crippen LogP contribution in [0.2, 0.25) is 0 Å². The molecule has 3 nitrogen and oxygen atoms in total. The fraction of sp³-hybridized carbons (Fsp3) is 0.0833. The second-order valence-electron chi connectivity index (χ2n) is 3.78. The van der Waals surface area contributed by atoms with E-state index in [1.807, 2.05) is 37.3 Å². The van der Waals surface area contributed by atoms with Crippen molar-refractivity contribution in [3.05, 3.63) is 36.0 Å². The van der Waals surface area contributed by atoms with Gasteiger partial charge in [0.25, 0.3) is 0 Å². The summed E-state index contributed by atoms with van der Waals surface area (Å²) >= 11 is 0. The van der Waals surface area contributed by atoms with Crippen LogP contribution in [0.5, 0.6) is 0 Å². The number of rotatable bonds is 0. The van der Waals surface area contributed by atoms with Gasteiger partial charge >= 0.3 is 0 Å². The fourth-order valence-corrected chi connectivity index (χ4v) is 1.88. The molecule has 1 aromatic carbocycles. The van der Waals surface area contributed by atoms with Gasteiger partial charge in [-0.25, -0.2) is 0 Å². The average molecular weight is 197 g/mol. The van der Waals surface area contributed by atoms with Gasteiger partial charge in [-0.15, -0.1) is 0 Å². The van der Waals surface area contributed by atoms with E-state index in [0.717, 1.165) is 33.3 Å². The van der Waals surface area contributed by atoms with Gasteiger partial charge in [-0.3, -0.25) is 4.98 Å². The molecule has 0 fully saturated rings. The van der Waals surface area contributed by atoms with Crippen molar-refractivity contribution in [3.8, 4) is 0 Å². The lowest BCUT2D eigenvalue weighted by molar-refractivity contribution is 1.26. The number of nitrogens with zero attached hydrogens (tertiary/aromatic N) is 1. The Morgan fingerprint density at radius 3 is 2.87 bits per heavy atom. The summed E-state index contributed by atoms with van der Waals surface area (Å²) in [5.74, 6) is 0. The first kappa shape index (κ1) is 8.29. The predicted octanol–water partition coefficient (Wildman–Crippen LogP) is 2.61. The summed E-state index contributed by atoms with van der Waals surface area (Å²) in [6, 6.07) is 9.90. The molecule has 3 aromatic rings. The van der Waals surface area contributed by atoms with Crippen LogP contribution < -0.4 is 5.73 Å². The zero-order chi connectivity index (χ0) is 10.4. The van der Waals surface area contributed by atoms with E-state index < -0.39 is 0 Å². The maximum atomic E-state index is 5.74. The van der Waals surface area contributed by atoms with Gasteiger partial charge in [0.1, 0.15) is 0 Å². The molecule has 74 valence electrons. The van der Waals surface area contributed by atoms with E-state index in [1.54, 1.807) is 0 Å². The predicted molar refractivity (Wildman–Crippen MR) is 62.7 cm³/mol. The van der Waals surface area contributed by atoms with Crippen LogP contribution in [-0.4, -0.2) is 9.97 Å². The summed E-state index contributed by atoms with van der Waals surface area (Å²) in [6.07, 6.45) is 0. The van der Waals surface area contributed by atoms with Gasteiger partial charge in [0.05, 0.1) is 16.6 Å². The summed E-state index contributed by atoms with van der Waals surface area (Å²) in [6.45, 7) is 2.00. The molecule has 0 aliphatic heterocycles. The maximum Gasteiger partial charge on any atom is 0.0960 e. The normalized spacial score (nSPS) is 11.3. The molecule has 3 heteroatoms. The zero-order valence-corrected chi connectivity index (χ0v) is 8.41. The highest BCUT2D eigenvalue weighted by atomic mass is 14.8. The first-order chi connectivity index (χ1) is 7.24. The number of hydrogen-bond acceptors (Lipinski definition) is 2. The number of H-pyrrole nitrogens is 1. The average Bonchev–Trinajstić information content (AvgIpc) is 2.54. The number of aromatic amines is 1. The molecular weight excluding hydrogens is 186 g/mol. The van der Waals surface area contributed by atoms with Crippen molar-refractivity contribution < 1.29 is 0 Å². The summed E-state index contributed by atoms with van der Waals surface area (Å²) in [7, 11) is 0. The molecule has 0 bridgehead atoms. The standard InChI is InChI=1S/C12H11N3/c1-7-2-5-10-12(14-7)9-4-3-8(13)6-11(9)15-10/h2-6,15H,13H2,1H3. The number of pyridine rings is 1. The van der Waals surface area contributed by atoms with E-state index in [-0.39, 0.29) is 0 Å². The molecule has 0 unspecified atom stereocenters. The van der Waals surface area contributed by atoms with Crippen LogP contribution >= 0.6 is 0 Å². The number of fused-ring (bicyclic) bond motifs is 3. The molecule has 0 aliphatic carbocycles. The number of hydrogen-bond donors (Lipinski definition) is 2. The second-order valence-corrected chi connectivity index (χ2v) is 3.78. The molecule has 0 atom stereocenters. The Morgan fingerprint density at radius 1 is 1.13 bits per heavy atom. The van der Waals surface area contributed by atoms with Gasteiger partial charge in [0.15, 0.2) is 0 Å². The Hall–Kier alpha value is -2.03. The van der Waals surface area contributed by atoms with Crippen molar-refractivity contribution in [1.29, 1.82) is 0 Å². The molecule has 0 radical (unpaired) electrons. The van der Waals surface area contributed by atoms with E-state index in [0.29, 0.717) is 0 Å².